The molecular formula is C17H25NO3. The minimum atomic E-state index is -0.682. The number of methoxy groups -OCH3 is 1. The van der Waals surface area contributed by atoms with E-state index < -0.39 is 5.97 Å². The van der Waals surface area contributed by atoms with Gasteiger partial charge >= 0.3 is 5.97 Å². The van der Waals surface area contributed by atoms with Crippen LogP contribution in [0.3, 0.4) is 0 Å². The van der Waals surface area contributed by atoms with E-state index >= 15 is 0 Å². The minimum absolute atomic E-state index is 0.234. The van der Waals surface area contributed by atoms with Crippen LogP contribution in [-0.2, 0) is 11.2 Å². The van der Waals surface area contributed by atoms with E-state index in [4.69, 9.17) is 4.74 Å². The predicted molar refractivity (Wildman–Crippen MR) is 82.8 cm³/mol. The van der Waals surface area contributed by atoms with Gasteiger partial charge in [-0.3, -0.25) is 9.69 Å². The van der Waals surface area contributed by atoms with E-state index in [1.807, 2.05) is 12.1 Å². The van der Waals surface area contributed by atoms with E-state index in [0.29, 0.717) is 0 Å². The normalized spacial score (nSPS) is 21.5. The minimum Gasteiger partial charge on any atom is -0.497 e. The van der Waals surface area contributed by atoms with Crippen molar-refractivity contribution in [2.24, 2.45) is 0 Å². The Balaban J connectivity index is 2.04. The highest BCUT2D eigenvalue weighted by atomic mass is 16.5. The van der Waals surface area contributed by atoms with Crippen molar-refractivity contribution in [3.63, 3.8) is 0 Å². The zero-order chi connectivity index (χ0) is 15.2. The number of rotatable bonds is 5. The fourth-order valence-electron chi connectivity index (χ4n) is 3.14. The molecule has 1 saturated heterocycles. The second kappa shape index (κ2) is 7.46. The number of likely N-dealkylation sites (tertiary alicyclic amines) is 1. The molecule has 21 heavy (non-hydrogen) atoms. The molecule has 1 aromatic carbocycles. The Labute approximate surface area is 126 Å². The lowest BCUT2D eigenvalue weighted by atomic mass is 10.0. The zero-order valence-electron chi connectivity index (χ0n) is 12.9. The van der Waals surface area contributed by atoms with Gasteiger partial charge in [0.2, 0.25) is 0 Å². The van der Waals surface area contributed by atoms with Crippen LogP contribution < -0.4 is 4.74 Å². The Hall–Kier alpha value is -1.55. The second-order valence-corrected chi connectivity index (χ2v) is 5.84. The molecule has 2 unspecified atom stereocenters. The van der Waals surface area contributed by atoms with Crippen molar-refractivity contribution in [3.05, 3.63) is 29.8 Å². The predicted octanol–water partition coefficient (Wildman–Crippen LogP) is 2.96. The highest BCUT2D eigenvalue weighted by molar-refractivity contribution is 5.73. The molecule has 4 heteroatoms. The maximum atomic E-state index is 11.5. The zero-order valence-corrected chi connectivity index (χ0v) is 12.9. The van der Waals surface area contributed by atoms with Gasteiger partial charge in [-0.1, -0.05) is 25.0 Å². The molecule has 0 aromatic heterocycles. The van der Waals surface area contributed by atoms with Crippen molar-refractivity contribution in [2.75, 3.05) is 13.7 Å². The Morgan fingerprint density at radius 2 is 2.05 bits per heavy atom. The number of carboxylic acid groups (broad SMARTS) is 1. The number of benzene rings is 1. The molecule has 116 valence electrons. The Morgan fingerprint density at radius 3 is 2.67 bits per heavy atom. The van der Waals surface area contributed by atoms with Gasteiger partial charge in [-0.05, 0) is 50.4 Å². The van der Waals surface area contributed by atoms with Gasteiger partial charge in [0.05, 0.1) is 7.11 Å². The summed E-state index contributed by atoms with van der Waals surface area (Å²) in [4.78, 5) is 13.7. The van der Waals surface area contributed by atoms with Crippen LogP contribution in [0.15, 0.2) is 24.3 Å². The largest absolute Gasteiger partial charge is 0.497 e. The van der Waals surface area contributed by atoms with Gasteiger partial charge in [0.1, 0.15) is 11.8 Å². The van der Waals surface area contributed by atoms with Crippen molar-refractivity contribution in [3.8, 4) is 5.75 Å². The highest BCUT2D eigenvalue weighted by Crippen LogP contribution is 2.22. The first-order valence-electron chi connectivity index (χ1n) is 7.73. The summed E-state index contributed by atoms with van der Waals surface area (Å²) in [6, 6.07) is 7.93. The van der Waals surface area contributed by atoms with E-state index in [9.17, 15) is 9.90 Å². The monoisotopic (exact) mass is 291 g/mol. The summed E-state index contributed by atoms with van der Waals surface area (Å²) in [5.41, 5.74) is 1.22. The second-order valence-electron chi connectivity index (χ2n) is 5.84. The molecule has 0 bridgehead atoms. The van der Waals surface area contributed by atoms with Crippen LogP contribution in [0.25, 0.3) is 0 Å². The molecule has 2 atom stereocenters. The first kappa shape index (κ1) is 15.8. The number of hydrogen-bond donors (Lipinski definition) is 1. The average molecular weight is 291 g/mol. The smallest absolute Gasteiger partial charge is 0.320 e. The molecular weight excluding hydrogens is 266 g/mol. The molecule has 1 N–H and O–H groups in total. The molecule has 1 aliphatic heterocycles. The number of nitrogens with zero attached hydrogens (tertiary/aromatic N) is 1. The molecule has 0 amide bonds. The Bertz CT molecular complexity index is 458. The summed E-state index contributed by atoms with van der Waals surface area (Å²) in [5.74, 6) is 0.170. The van der Waals surface area contributed by atoms with Gasteiger partial charge in [0.15, 0.2) is 0 Å². The molecule has 1 fully saturated rings. The van der Waals surface area contributed by atoms with E-state index in [1.165, 1.54) is 5.56 Å². The lowest BCUT2D eigenvalue weighted by Crippen LogP contribution is -2.46. The Morgan fingerprint density at radius 1 is 1.33 bits per heavy atom. The van der Waals surface area contributed by atoms with Crippen molar-refractivity contribution in [2.45, 2.75) is 51.1 Å². The summed E-state index contributed by atoms with van der Waals surface area (Å²) >= 11 is 0. The van der Waals surface area contributed by atoms with Crippen LogP contribution in [-0.4, -0.2) is 41.7 Å². The molecule has 1 aromatic rings. The quantitative estimate of drug-likeness (QED) is 0.906. The van der Waals surface area contributed by atoms with Gasteiger partial charge in [-0.15, -0.1) is 0 Å². The summed E-state index contributed by atoms with van der Waals surface area (Å²) < 4.78 is 5.17. The molecule has 2 rings (SSSR count). The molecule has 4 nitrogen and oxygen atoms in total. The van der Waals surface area contributed by atoms with Crippen LogP contribution in [0.2, 0.25) is 0 Å². The van der Waals surface area contributed by atoms with Crippen LogP contribution in [0, 0.1) is 0 Å². The van der Waals surface area contributed by atoms with Gasteiger partial charge in [0, 0.05) is 6.04 Å². The topological polar surface area (TPSA) is 49.8 Å². The first-order chi connectivity index (χ1) is 10.1. The highest BCUT2D eigenvalue weighted by Gasteiger charge is 2.30. The maximum Gasteiger partial charge on any atom is 0.320 e. The van der Waals surface area contributed by atoms with Crippen LogP contribution in [0.4, 0.5) is 0 Å². The molecule has 0 aliphatic carbocycles. The molecule has 1 heterocycles. The van der Waals surface area contributed by atoms with E-state index in [-0.39, 0.29) is 12.1 Å². The number of ether oxygens (including phenoxy) is 1. The van der Waals surface area contributed by atoms with Crippen molar-refractivity contribution in [1.29, 1.82) is 0 Å². The third-order valence-corrected chi connectivity index (χ3v) is 4.34. The van der Waals surface area contributed by atoms with Crippen molar-refractivity contribution >= 4 is 5.97 Å². The fraction of sp³-hybridized carbons (Fsp3) is 0.588. The first-order valence-corrected chi connectivity index (χ1v) is 7.73. The maximum absolute atomic E-state index is 11.5. The van der Waals surface area contributed by atoms with Gasteiger partial charge in [-0.25, -0.2) is 0 Å². The fourth-order valence-corrected chi connectivity index (χ4v) is 3.14. The summed E-state index contributed by atoms with van der Waals surface area (Å²) in [7, 11) is 1.66. The number of carboxylic acids is 1. The van der Waals surface area contributed by atoms with Gasteiger partial charge in [-0.2, -0.15) is 0 Å². The third kappa shape index (κ3) is 4.21. The molecule has 0 spiro atoms. The molecule has 0 saturated carbocycles. The average Bonchev–Trinajstić information content (AvgIpc) is 2.74. The van der Waals surface area contributed by atoms with Gasteiger partial charge < -0.3 is 9.84 Å². The Kier molecular flexibility index (Phi) is 5.62. The lowest BCUT2D eigenvalue weighted by Gasteiger charge is -2.32. The van der Waals surface area contributed by atoms with Crippen molar-refractivity contribution < 1.29 is 14.6 Å². The number of carbonyl (C=O) groups is 1. The van der Waals surface area contributed by atoms with E-state index in [1.54, 1.807) is 7.11 Å². The summed E-state index contributed by atoms with van der Waals surface area (Å²) in [5, 5.41) is 9.46. The van der Waals surface area contributed by atoms with E-state index in [0.717, 1.165) is 44.4 Å². The van der Waals surface area contributed by atoms with Crippen LogP contribution in [0.5, 0.6) is 5.75 Å². The number of hydrogen-bond acceptors (Lipinski definition) is 3. The summed E-state index contributed by atoms with van der Waals surface area (Å²) in [6.07, 6.45) is 4.88. The van der Waals surface area contributed by atoms with Gasteiger partial charge in [0.25, 0.3) is 0 Å². The van der Waals surface area contributed by atoms with Crippen molar-refractivity contribution in [1.82, 2.24) is 4.90 Å². The molecule has 1 aliphatic rings. The standard InChI is InChI=1S/C17H25NO3/c1-13(12-14-7-9-15(21-2)10-8-14)18-11-5-3-4-6-16(18)17(19)20/h7-10,13,16H,3-6,11-12H2,1-2H3,(H,19,20). The van der Waals surface area contributed by atoms with E-state index in [2.05, 4.69) is 24.0 Å². The van der Waals surface area contributed by atoms with Crippen LogP contribution in [0.1, 0.15) is 38.2 Å². The third-order valence-electron chi connectivity index (χ3n) is 4.34. The number of aliphatic carboxylic acids is 1. The molecule has 0 radical (unpaired) electrons. The summed E-state index contributed by atoms with van der Waals surface area (Å²) in [6.45, 7) is 3.01. The SMILES string of the molecule is COc1ccc(CC(C)N2CCCCCC2C(=O)O)cc1. The lowest BCUT2D eigenvalue weighted by molar-refractivity contribution is -0.144. The van der Waals surface area contributed by atoms with Crippen LogP contribution >= 0.6 is 0 Å².